The molecule has 0 unspecified atom stereocenters. The van der Waals surface area contributed by atoms with Gasteiger partial charge < -0.3 is 28.5 Å². The number of carbonyl (C=O) groups excluding carboxylic acids is 1. The predicted octanol–water partition coefficient (Wildman–Crippen LogP) is 6.99. The van der Waals surface area contributed by atoms with E-state index in [1.54, 1.807) is 6.08 Å². The summed E-state index contributed by atoms with van der Waals surface area (Å²) in [5.41, 5.74) is 0.333. The molecule has 0 aliphatic carbocycles. The molecule has 1 fully saturated rings. The van der Waals surface area contributed by atoms with Crippen LogP contribution in [0.25, 0.3) is 0 Å². The Bertz CT molecular complexity index is 1160. The van der Waals surface area contributed by atoms with Crippen molar-refractivity contribution in [3.63, 3.8) is 0 Å². The second-order valence-corrected chi connectivity index (χ2v) is 18.2. The molecule has 0 radical (unpaired) electrons. The van der Waals surface area contributed by atoms with Crippen LogP contribution in [0, 0.1) is 0 Å². The standard InChI is InChI=1S/C35H52O7Si/c1-33(2,3)43(7,8)41-31-24-30(40-26-28-18-13-10-14-19-28)34(4,22-23-39-25-27-16-11-9-12-17-27)42-35(31,5)29(36)20-15-21-32(37)38-6/h9-19,21,29-31,36H,20,22-26H2,1-8H3/b21-15+/t29-,30-,31+,34+,35-/m1/s1. The van der Waals surface area contributed by atoms with Crippen LogP contribution in [0.5, 0.6) is 0 Å². The van der Waals surface area contributed by atoms with E-state index in [0.717, 1.165) is 11.1 Å². The Morgan fingerprint density at radius 3 is 2.16 bits per heavy atom. The third kappa shape index (κ3) is 9.57. The molecule has 1 heterocycles. The minimum atomic E-state index is -2.28. The number of hydrogen-bond acceptors (Lipinski definition) is 7. The van der Waals surface area contributed by atoms with Crippen LogP contribution in [0.4, 0.5) is 0 Å². The maximum Gasteiger partial charge on any atom is 0.330 e. The number of carbonyl (C=O) groups is 1. The van der Waals surface area contributed by atoms with Gasteiger partial charge in [0.05, 0.1) is 44.2 Å². The molecule has 5 atom stereocenters. The van der Waals surface area contributed by atoms with Gasteiger partial charge in [-0.1, -0.05) is 87.5 Å². The average Bonchev–Trinajstić information content (AvgIpc) is 2.96. The van der Waals surface area contributed by atoms with Crippen molar-refractivity contribution in [1.29, 1.82) is 0 Å². The number of methoxy groups -OCH3 is 1. The molecule has 8 heteroatoms. The zero-order valence-electron chi connectivity index (χ0n) is 27.3. The summed E-state index contributed by atoms with van der Waals surface area (Å²) in [4.78, 5) is 11.7. The lowest BCUT2D eigenvalue weighted by atomic mass is 9.77. The van der Waals surface area contributed by atoms with Gasteiger partial charge in [0, 0.05) is 25.5 Å². The Morgan fingerprint density at radius 2 is 1.60 bits per heavy atom. The lowest BCUT2D eigenvalue weighted by Crippen LogP contribution is -2.67. The van der Waals surface area contributed by atoms with Crippen molar-refractivity contribution in [2.75, 3.05) is 13.7 Å². The molecule has 0 aromatic heterocycles. The maximum absolute atomic E-state index is 11.7. The fourth-order valence-electron chi connectivity index (χ4n) is 5.15. The highest BCUT2D eigenvalue weighted by molar-refractivity contribution is 6.74. The number of rotatable bonds is 14. The Hall–Kier alpha value is -2.33. The molecule has 2 aromatic carbocycles. The fraction of sp³-hybridized carbons (Fsp3) is 0.571. The van der Waals surface area contributed by atoms with E-state index in [0.29, 0.717) is 32.7 Å². The number of benzene rings is 2. The minimum absolute atomic E-state index is 0.0456. The summed E-state index contributed by atoms with van der Waals surface area (Å²) in [6.07, 6.45) is 2.59. The van der Waals surface area contributed by atoms with Crippen LogP contribution in [0.15, 0.2) is 72.8 Å². The first-order valence-electron chi connectivity index (χ1n) is 15.3. The number of hydrogen-bond donors (Lipinski definition) is 1. The van der Waals surface area contributed by atoms with E-state index in [4.69, 9.17) is 23.4 Å². The summed E-state index contributed by atoms with van der Waals surface area (Å²) in [7, 11) is -0.945. The quantitative estimate of drug-likeness (QED) is 0.107. The molecule has 3 rings (SSSR count). The monoisotopic (exact) mass is 612 g/mol. The summed E-state index contributed by atoms with van der Waals surface area (Å²) in [5, 5.41) is 11.6. The van der Waals surface area contributed by atoms with Crippen LogP contribution in [-0.4, -0.2) is 62.6 Å². The molecule has 0 bridgehead atoms. The number of esters is 1. The van der Waals surface area contributed by atoms with Crippen LogP contribution in [0.1, 0.15) is 65.0 Å². The van der Waals surface area contributed by atoms with Crippen molar-refractivity contribution in [2.24, 2.45) is 0 Å². The van der Waals surface area contributed by atoms with Crippen molar-refractivity contribution in [3.8, 4) is 0 Å². The molecule has 1 N–H and O–H groups in total. The van der Waals surface area contributed by atoms with Crippen LogP contribution in [0.3, 0.4) is 0 Å². The zero-order valence-corrected chi connectivity index (χ0v) is 28.3. The molecular weight excluding hydrogens is 560 g/mol. The van der Waals surface area contributed by atoms with Gasteiger partial charge in [-0.25, -0.2) is 4.79 Å². The lowest BCUT2D eigenvalue weighted by Gasteiger charge is -2.56. The van der Waals surface area contributed by atoms with Crippen LogP contribution in [-0.2, 0) is 41.4 Å². The summed E-state index contributed by atoms with van der Waals surface area (Å²) < 4.78 is 31.5. The minimum Gasteiger partial charge on any atom is -0.466 e. The normalized spacial score (nSPS) is 25.5. The van der Waals surface area contributed by atoms with Crippen molar-refractivity contribution >= 4 is 14.3 Å². The molecule has 0 spiro atoms. The van der Waals surface area contributed by atoms with E-state index >= 15 is 0 Å². The summed E-state index contributed by atoms with van der Waals surface area (Å²) in [5.74, 6) is -0.467. The summed E-state index contributed by atoms with van der Waals surface area (Å²) in [6.45, 7) is 16.4. The van der Waals surface area contributed by atoms with Gasteiger partial charge in [-0.05, 0) is 49.5 Å². The molecule has 1 aliphatic heterocycles. The van der Waals surface area contributed by atoms with Crippen LogP contribution < -0.4 is 0 Å². The Labute approximate surface area is 259 Å². The third-order valence-electron chi connectivity index (χ3n) is 9.07. The molecule has 238 valence electrons. The average molecular weight is 613 g/mol. The molecule has 7 nitrogen and oxygen atoms in total. The van der Waals surface area contributed by atoms with E-state index in [9.17, 15) is 9.90 Å². The maximum atomic E-state index is 11.7. The second kappa shape index (κ2) is 15.1. The largest absolute Gasteiger partial charge is 0.466 e. The topological polar surface area (TPSA) is 83.5 Å². The molecule has 0 saturated carbocycles. The molecule has 43 heavy (non-hydrogen) atoms. The molecule has 0 amide bonds. The first kappa shape index (κ1) is 35.1. The van der Waals surface area contributed by atoms with E-state index in [-0.39, 0.29) is 17.6 Å². The van der Waals surface area contributed by atoms with Crippen molar-refractivity contribution < 1.29 is 33.3 Å². The first-order valence-corrected chi connectivity index (χ1v) is 18.2. The second-order valence-electron chi connectivity index (χ2n) is 13.5. The van der Waals surface area contributed by atoms with Crippen molar-refractivity contribution in [1.82, 2.24) is 0 Å². The molecule has 1 saturated heterocycles. The fourth-order valence-corrected chi connectivity index (χ4v) is 6.55. The Morgan fingerprint density at radius 1 is 1.02 bits per heavy atom. The van der Waals surface area contributed by atoms with E-state index in [2.05, 4.69) is 46.0 Å². The first-order chi connectivity index (χ1) is 20.2. The van der Waals surface area contributed by atoms with Gasteiger partial charge in [-0.15, -0.1) is 0 Å². The summed E-state index contributed by atoms with van der Waals surface area (Å²) in [6, 6.07) is 20.2. The molecule has 1 aliphatic rings. The van der Waals surface area contributed by atoms with Crippen LogP contribution >= 0.6 is 0 Å². The SMILES string of the molecule is COC(=O)/C=C/C[C@@H](O)[C@@]1(C)O[C@@](C)(CCOCc2ccccc2)[C@H](OCc2ccccc2)C[C@@H]1O[Si](C)(C)C(C)(C)C. The highest BCUT2D eigenvalue weighted by atomic mass is 28.4. The van der Waals surface area contributed by atoms with E-state index in [1.165, 1.54) is 13.2 Å². The number of aliphatic hydroxyl groups is 1. The molecular formula is C35H52O7Si. The molecule has 2 aromatic rings. The van der Waals surface area contributed by atoms with Gasteiger partial charge >= 0.3 is 5.97 Å². The lowest BCUT2D eigenvalue weighted by molar-refractivity contribution is -0.298. The van der Waals surface area contributed by atoms with E-state index in [1.807, 2.05) is 62.4 Å². The van der Waals surface area contributed by atoms with E-state index < -0.39 is 37.7 Å². The van der Waals surface area contributed by atoms with Gasteiger partial charge in [0.2, 0.25) is 0 Å². The predicted molar refractivity (Wildman–Crippen MR) is 172 cm³/mol. The van der Waals surface area contributed by atoms with Crippen molar-refractivity contribution in [2.45, 2.75) is 115 Å². The number of ether oxygens (including phenoxy) is 4. The zero-order chi connectivity index (χ0) is 31.7. The highest BCUT2D eigenvalue weighted by Crippen LogP contribution is 2.47. The van der Waals surface area contributed by atoms with Gasteiger partial charge in [-0.2, -0.15) is 0 Å². The van der Waals surface area contributed by atoms with Gasteiger partial charge in [0.25, 0.3) is 0 Å². The van der Waals surface area contributed by atoms with Crippen molar-refractivity contribution in [3.05, 3.63) is 83.9 Å². The number of aliphatic hydroxyl groups excluding tert-OH is 1. The smallest absolute Gasteiger partial charge is 0.330 e. The summed E-state index contributed by atoms with van der Waals surface area (Å²) >= 11 is 0. The van der Waals surface area contributed by atoms with Gasteiger partial charge in [-0.3, -0.25) is 0 Å². The van der Waals surface area contributed by atoms with Gasteiger partial charge in [0.1, 0.15) is 5.60 Å². The third-order valence-corrected chi connectivity index (χ3v) is 13.6. The van der Waals surface area contributed by atoms with Crippen LogP contribution in [0.2, 0.25) is 18.1 Å². The van der Waals surface area contributed by atoms with Gasteiger partial charge in [0.15, 0.2) is 8.32 Å². The highest BCUT2D eigenvalue weighted by Gasteiger charge is 2.57. The Balaban J connectivity index is 1.90. The Kier molecular flexibility index (Phi) is 12.3.